The number of aromatic nitrogens is 2. The first-order valence-corrected chi connectivity index (χ1v) is 11.6. The lowest BCUT2D eigenvalue weighted by Gasteiger charge is -2.11. The van der Waals surface area contributed by atoms with E-state index in [1.54, 1.807) is 62.4 Å². The fourth-order valence-electron chi connectivity index (χ4n) is 3.64. The van der Waals surface area contributed by atoms with Crippen LogP contribution in [0.1, 0.15) is 43.0 Å². The third kappa shape index (κ3) is 4.43. The molecule has 35 heavy (non-hydrogen) atoms. The number of fused-ring (bicyclic) bond motifs is 1. The van der Waals surface area contributed by atoms with Crippen molar-refractivity contribution in [1.82, 2.24) is 15.1 Å². The molecule has 2 heterocycles. The zero-order valence-corrected chi connectivity index (χ0v) is 20.1. The summed E-state index contributed by atoms with van der Waals surface area (Å²) in [5.74, 6) is -1.68. The quantitative estimate of drug-likeness (QED) is 0.399. The van der Waals surface area contributed by atoms with Gasteiger partial charge in [0.2, 0.25) is 0 Å². The Morgan fingerprint density at radius 3 is 2.31 bits per heavy atom. The van der Waals surface area contributed by atoms with Crippen LogP contribution in [0.2, 0.25) is 0 Å². The van der Waals surface area contributed by atoms with Crippen LogP contribution in [0, 0.1) is 6.92 Å². The Bertz CT molecular complexity index is 1510. The number of carbonyl (C=O) groups excluding carboxylic acids is 3. The van der Waals surface area contributed by atoms with Gasteiger partial charge in [0.25, 0.3) is 17.4 Å². The molecule has 9 nitrogen and oxygen atoms in total. The standard InChI is InChI=1S/C25H22N4O5S/c1-4-34-25(33)18-14(2)20(22(31)26-3)35-23(18)27-21(30)19-16-12-8-9-13-17(16)24(32)29(28-19)15-10-6-5-7-11-15/h5-13H,4H2,1-3H3,(H,26,31)(H,27,30). The number of carbonyl (C=O) groups is 3. The molecule has 0 radical (unpaired) electrons. The SMILES string of the molecule is CCOC(=O)c1c(NC(=O)c2nn(-c3ccccc3)c(=O)c3ccccc23)sc(C(=O)NC)c1C. The number of hydrogen-bond donors (Lipinski definition) is 2. The predicted molar refractivity (Wildman–Crippen MR) is 134 cm³/mol. The number of hydrogen-bond acceptors (Lipinski definition) is 7. The van der Waals surface area contributed by atoms with E-state index in [1.807, 2.05) is 6.07 Å². The Labute approximate surface area is 204 Å². The lowest BCUT2D eigenvalue weighted by Crippen LogP contribution is -2.26. The van der Waals surface area contributed by atoms with Gasteiger partial charge in [0.05, 0.1) is 28.1 Å². The summed E-state index contributed by atoms with van der Waals surface area (Å²) < 4.78 is 6.32. The van der Waals surface area contributed by atoms with Crippen molar-refractivity contribution >= 4 is 44.9 Å². The van der Waals surface area contributed by atoms with Gasteiger partial charge in [0, 0.05) is 12.4 Å². The molecule has 0 atom stereocenters. The molecule has 0 saturated heterocycles. The summed E-state index contributed by atoms with van der Waals surface area (Å²) in [6, 6.07) is 15.4. The van der Waals surface area contributed by atoms with Gasteiger partial charge < -0.3 is 15.4 Å². The summed E-state index contributed by atoms with van der Waals surface area (Å²) in [5.41, 5.74) is 0.619. The molecule has 4 rings (SSSR count). The highest BCUT2D eigenvalue weighted by molar-refractivity contribution is 7.18. The number of nitrogens with one attached hydrogen (secondary N) is 2. The Morgan fingerprint density at radius 1 is 1.00 bits per heavy atom. The molecule has 2 aromatic carbocycles. The van der Waals surface area contributed by atoms with Gasteiger partial charge in [-0.05, 0) is 37.6 Å². The molecule has 0 saturated carbocycles. The van der Waals surface area contributed by atoms with Crippen molar-refractivity contribution in [2.45, 2.75) is 13.8 Å². The molecule has 2 aromatic heterocycles. The summed E-state index contributed by atoms with van der Waals surface area (Å²) in [6.07, 6.45) is 0. The lowest BCUT2D eigenvalue weighted by molar-refractivity contribution is 0.0527. The second kappa shape index (κ2) is 9.90. The zero-order chi connectivity index (χ0) is 25.1. The molecule has 2 amide bonds. The topological polar surface area (TPSA) is 119 Å². The van der Waals surface area contributed by atoms with Gasteiger partial charge in [-0.15, -0.1) is 11.3 Å². The van der Waals surface area contributed by atoms with Gasteiger partial charge >= 0.3 is 5.97 Å². The van der Waals surface area contributed by atoms with E-state index in [2.05, 4.69) is 15.7 Å². The second-order valence-electron chi connectivity index (χ2n) is 7.46. The van der Waals surface area contributed by atoms with Gasteiger partial charge in [0.15, 0.2) is 5.69 Å². The molecule has 0 aliphatic carbocycles. The Balaban J connectivity index is 1.85. The Morgan fingerprint density at radius 2 is 1.66 bits per heavy atom. The third-order valence-corrected chi connectivity index (χ3v) is 6.51. The van der Waals surface area contributed by atoms with Crippen molar-refractivity contribution in [3.8, 4) is 5.69 Å². The first kappa shape index (κ1) is 23.8. The monoisotopic (exact) mass is 490 g/mol. The molecular weight excluding hydrogens is 468 g/mol. The average Bonchev–Trinajstić information content (AvgIpc) is 3.20. The van der Waals surface area contributed by atoms with Gasteiger partial charge in [-0.25, -0.2) is 4.79 Å². The highest BCUT2D eigenvalue weighted by Gasteiger charge is 2.27. The van der Waals surface area contributed by atoms with Crippen LogP contribution >= 0.6 is 11.3 Å². The van der Waals surface area contributed by atoms with Gasteiger partial charge in [-0.3, -0.25) is 14.4 Å². The maximum Gasteiger partial charge on any atom is 0.341 e. The number of anilines is 1. The predicted octanol–water partition coefficient (Wildman–Crippen LogP) is 3.54. The van der Waals surface area contributed by atoms with E-state index in [1.165, 1.54) is 11.7 Å². The minimum atomic E-state index is -0.654. The largest absolute Gasteiger partial charge is 0.462 e. The Hall–Kier alpha value is -4.31. The van der Waals surface area contributed by atoms with Crippen LogP contribution in [0.5, 0.6) is 0 Å². The smallest absolute Gasteiger partial charge is 0.341 e. The van der Waals surface area contributed by atoms with E-state index in [9.17, 15) is 19.2 Å². The molecule has 0 aliphatic heterocycles. The van der Waals surface area contributed by atoms with Crippen LogP contribution in [-0.2, 0) is 4.74 Å². The number of para-hydroxylation sites is 1. The number of ether oxygens (including phenoxy) is 1. The summed E-state index contributed by atoms with van der Waals surface area (Å²) in [6.45, 7) is 3.41. The van der Waals surface area contributed by atoms with Crippen LogP contribution in [0.15, 0.2) is 59.4 Å². The summed E-state index contributed by atoms with van der Waals surface area (Å²) in [5, 5.41) is 10.4. The highest BCUT2D eigenvalue weighted by Crippen LogP contribution is 2.34. The fraction of sp³-hybridized carbons (Fsp3) is 0.160. The van der Waals surface area contributed by atoms with Crippen molar-refractivity contribution in [2.24, 2.45) is 0 Å². The number of esters is 1. The lowest BCUT2D eigenvalue weighted by atomic mass is 10.1. The zero-order valence-electron chi connectivity index (χ0n) is 19.2. The molecule has 0 bridgehead atoms. The summed E-state index contributed by atoms with van der Waals surface area (Å²) in [7, 11) is 1.48. The van der Waals surface area contributed by atoms with E-state index in [0.29, 0.717) is 22.0 Å². The maximum absolute atomic E-state index is 13.5. The maximum atomic E-state index is 13.5. The van der Waals surface area contributed by atoms with E-state index in [-0.39, 0.29) is 39.2 Å². The van der Waals surface area contributed by atoms with Crippen LogP contribution in [0.3, 0.4) is 0 Å². The van der Waals surface area contributed by atoms with Crippen molar-refractivity contribution in [3.63, 3.8) is 0 Å². The minimum Gasteiger partial charge on any atom is -0.462 e. The number of rotatable bonds is 6. The van der Waals surface area contributed by atoms with E-state index in [0.717, 1.165) is 11.3 Å². The molecule has 4 aromatic rings. The van der Waals surface area contributed by atoms with E-state index < -0.39 is 11.9 Å². The molecular formula is C25H22N4O5S. The van der Waals surface area contributed by atoms with Crippen LogP contribution in [0.4, 0.5) is 5.00 Å². The van der Waals surface area contributed by atoms with Crippen molar-refractivity contribution in [1.29, 1.82) is 0 Å². The average molecular weight is 491 g/mol. The number of nitrogens with zero attached hydrogens (tertiary/aromatic N) is 2. The molecule has 0 unspecified atom stereocenters. The highest BCUT2D eigenvalue weighted by atomic mass is 32.1. The summed E-state index contributed by atoms with van der Waals surface area (Å²) in [4.78, 5) is 51.9. The molecule has 0 spiro atoms. The van der Waals surface area contributed by atoms with Gasteiger partial charge in [-0.2, -0.15) is 9.78 Å². The number of benzene rings is 2. The number of amides is 2. The van der Waals surface area contributed by atoms with E-state index >= 15 is 0 Å². The van der Waals surface area contributed by atoms with Crippen molar-refractivity contribution < 1.29 is 19.1 Å². The normalized spacial score (nSPS) is 10.7. The first-order chi connectivity index (χ1) is 16.9. The Kier molecular flexibility index (Phi) is 6.74. The first-order valence-electron chi connectivity index (χ1n) is 10.8. The van der Waals surface area contributed by atoms with Crippen molar-refractivity contribution in [3.05, 3.63) is 86.6 Å². The van der Waals surface area contributed by atoms with Gasteiger partial charge in [0.1, 0.15) is 5.00 Å². The molecule has 0 fully saturated rings. The van der Waals surface area contributed by atoms with Crippen LogP contribution in [-0.4, -0.2) is 41.2 Å². The van der Waals surface area contributed by atoms with E-state index in [4.69, 9.17) is 4.74 Å². The van der Waals surface area contributed by atoms with Crippen LogP contribution < -0.4 is 16.2 Å². The molecule has 2 N–H and O–H groups in total. The fourth-order valence-corrected chi connectivity index (χ4v) is 4.78. The second-order valence-corrected chi connectivity index (χ2v) is 8.48. The summed E-state index contributed by atoms with van der Waals surface area (Å²) >= 11 is 0.964. The molecule has 10 heteroatoms. The van der Waals surface area contributed by atoms with Gasteiger partial charge in [-0.1, -0.05) is 36.4 Å². The minimum absolute atomic E-state index is 0.00796. The molecule has 0 aliphatic rings. The third-order valence-electron chi connectivity index (χ3n) is 5.31. The number of thiophene rings is 1. The van der Waals surface area contributed by atoms with Crippen molar-refractivity contribution in [2.75, 3.05) is 19.0 Å². The molecule has 178 valence electrons. The van der Waals surface area contributed by atoms with Crippen LogP contribution in [0.25, 0.3) is 16.5 Å².